The third kappa shape index (κ3) is 2.29. The van der Waals surface area contributed by atoms with Crippen molar-refractivity contribution in [2.24, 2.45) is 0 Å². The van der Waals surface area contributed by atoms with Crippen LogP contribution in [0, 0.1) is 11.3 Å². The number of rotatable bonds is 3. The molecule has 1 N–H and O–H groups in total. The van der Waals surface area contributed by atoms with Crippen LogP contribution in [0.5, 0.6) is 0 Å². The Morgan fingerprint density at radius 2 is 2.00 bits per heavy atom. The monoisotopic (exact) mass is 291 g/mol. The Morgan fingerprint density at radius 3 is 2.68 bits per heavy atom. The van der Waals surface area contributed by atoms with Gasteiger partial charge in [0.05, 0.1) is 11.3 Å². The molecule has 2 aromatic heterocycles. The highest BCUT2D eigenvalue weighted by Crippen LogP contribution is 2.24. The molecule has 0 radical (unpaired) electrons. The van der Waals surface area contributed by atoms with Crippen LogP contribution < -0.4 is 0 Å². The summed E-state index contributed by atoms with van der Waals surface area (Å²) in [6.45, 7) is 0. The molecule has 0 aliphatic heterocycles. The molecular weight excluding hydrogens is 282 g/mol. The largest absolute Gasteiger partial charge is 0.478 e. The Morgan fingerprint density at radius 1 is 1.23 bits per heavy atom. The highest BCUT2D eigenvalue weighted by atomic mass is 16.4. The minimum Gasteiger partial charge on any atom is -0.478 e. The molecule has 0 atom stereocenters. The number of carboxylic acid groups (broad SMARTS) is 1. The van der Waals surface area contributed by atoms with Crippen molar-refractivity contribution in [1.29, 1.82) is 5.26 Å². The predicted molar refractivity (Wildman–Crippen MR) is 76.3 cm³/mol. The second-order valence-corrected chi connectivity index (χ2v) is 4.40. The lowest BCUT2D eigenvalue weighted by Crippen LogP contribution is -2.03. The van der Waals surface area contributed by atoms with E-state index in [0.29, 0.717) is 11.4 Å². The summed E-state index contributed by atoms with van der Waals surface area (Å²) in [5, 5.41) is 26.1. The molecule has 1 aromatic carbocycles. The van der Waals surface area contributed by atoms with Crippen LogP contribution in [0.4, 0.5) is 0 Å². The van der Waals surface area contributed by atoms with Crippen LogP contribution in [0.15, 0.2) is 48.8 Å². The fourth-order valence-corrected chi connectivity index (χ4v) is 2.08. The molecule has 0 bridgehead atoms. The highest BCUT2D eigenvalue weighted by molar-refractivity contribution is 5.88. The minimum absolute atomic E-state index is 0.132. The van der Waals surface area contributed by atoms with E-state index >= 15 is 0 Å². The molecule has 0 fully saturated rings. The van der Waals surface area contributed by atoms with Crippen LogP contribution >= 0.6 is 0 Å². The first-order valence-corrected chi connectivity index (χ1v) is 6.30. The molecule has 0 unspecified atom stereocenters. The molecule has 0 aliphatic rings. The van der Waals surface area contributed by atoms with E-state index in [-0.39, 0.29) is 11.3 Å². The maximum Gasteiger partial charge on any atom is 0.335 e. The van der Waals surface area contributed by atoms with Crippen LogP contribution in [0.25, 0.3) is 16.9 Å². The number of aromatic nitrogens is 4. The van der Waals surface area contributed by atoms with Crippen LogP contribution in [0.3, 0.4) is 0 Å². The summed E-state index contributed by atoms with van der Waals surface area (Å²) in [5.74, 6) is -1.03. The first-order valence-electron chi connectivity index (χ1n) is 6.30. The Kier molecular flexibility index (Phi) is 3.34. The fraction of sp³-hybridized carbons (Fsp3) is 0. The zero-order chi connectivity index (χ0) is 15.5. The van der Waals surface area contributed by atoms with Gasteiger partial charge in [-0.25, -0.2) is 9.48 Å². The standard InChI is InChI=1S/C15H9N5O2/c16-9-13-14(10-4-6-17-7-5-10)20(19-18-13)12-3-1-2-11(8-12)15(21)22/h1-8H,(H,21,22). The lowest BCUT2D eigenvalue weighted by molar-refractivity contribution is 0.0697. The smallest absolute Gasteiger partial charge is 0.335 e. The quantitative estimate of drug-likeness (QED) is 0.790. The van der Waals surface area contributed by atoms with Gasteiger partial charge < -0.3 is 5.11 Å². The average Bonchev–Trinajstić information content (AvgIpc) is 2.99. The predicted octanol–water partition coefficient (Wildman–Crippen LogP) is 1.90. The molecule has 3 aromatic rings. The Labute approximate surface area is 125 Å². The molecule has 0 amide bonds. The molecule has 106 valence electrons. The summed E-state index contributed by atoms with van der Waals surface area (Å²) >= 11 is 0. The molecule has 0 aliphatic carbocycles. The number of hydrogen-bond acceptors (Lipinski definition) is 5. The number of carboxylic acids is 1. The molecule has 7 heteroatoms. The molecule has 0 spiro atoms. The molecule has 2 heterocycles. The van der Waals surface area contributed by atoms with Crippen molar-refractivity contribution < 1.29 is 9.90 Å². The van der Waals surface area contributed by atoms with Gasteiger partial charge in [-0.2, -0.15) is 5.26 Å². The van der Waals surface area contributed by atoms with E-state index in [0.717, 1.165) is 5.56 Å². The maximum atomic E-state index is 11.1. The molecule has 22 heavy (non-hydrogen) atoms. The van der Waals surface area contributed by atoms with Gasteiger partial charge in [0.2, 0.25) is 0 Å². The van der Waals surface area contributed by atoms with Crippen LogP contribution in [-0.4, -0.2) is 31.1 Å². The number of nitrogens with zero attached hydrogens (tertiary/aromatic N) is 5. The van der Waals surface area contributed by atoms with Gasteiger partial charge in [-0.05, 0) is 30.3 Å². The second kappa shape index (κ2) is 5.46. The van der Waals surface area contributed by atoms with E-state index in [1.54, 1.807) is 36.7 Å². The summed E-state index contributed by atoms with van der Waals surface area (Å²) < 4.78 is 1.44. The zero-order valence-electron chi connectivity index (χ0n) is 11.2. The molecular formula is C15H9N5O2. The van der Waals surface area contributed by atoms with E-state index in [4.69, 9.17) is 5.11 Å². The van der Waals surface area contributed by atoms with Gasteiger partial charge in [-0.1, -0.05) is 11.3 Å². The topological polar surface area (TPSA) is 105 Å². The highest BCUT2D eigenvalue weighted by Gasteiger charge is 2.16. The van der Waals surface area contributed by atoms with Crippen molar-refractivity contribution >= 4 is 5.97 Å². The SMILES string of the molecule is N#Cc1nnn(-c2cccc(C(=O)O)c2)c1-c1ccncc1. The number of benzene rings is 1. The number of carbonyl (C=O) groups is 1. The van der Waals surface area contributed by atoms with Crippen molar-refractivity contribution in [3.05, 3.63) is 60.0 Å². The van der Waals surface area contributed by atoms with Crippen molar-refractivity contribution in [2.45, 2.75) is 0 Å². The van der Waals surface area contributed by atoms with Gasteiger partial charge in [0.15, 0.2) is 5.69 Å². The Bertz CT molecular complexity index is 880. The van der Waals surface area contributed by atoms with E-state index in [1.807, 2.05) is 6.07 Å². The van der Waals surface area contributed by atoms with Gasteiger partial charge in [0.1, 0.15) is 11.8 Å². The van der Waals surface area contributed by atoms with E-state index in [2.05, 4.69) is 15.3 Å². The van der Waals surface area contributed by atoms with E-state index < -0.39 is 5.97 Å². The summed E-state index contributed by atoms with van der Waals surface area (Å²) in [7, 11) is 0. The third-order valence-electron chi connectivity index (χ3n) is 3.07. The Hall–Kier alpha value is -3.53. The summed E-state index contributed by atoms with van der Waals surface area (Å²) in [5.41, 5.74) is 2.02. The van der Waals surface area contributed by atoms with Crippen molar-refractivity contribution in [3.63, 3.8) is 0 Å². The Balaban J connectivity index is 2.21. The van der Waals surface area contributed by atoms with E-state index in [1.165, 1.54) is 16.8 Å². The van der Waals surface area contributed by atoms with Gasteiger partial charge in [-0.3, -0.25) is 4.98 Å². The third-order valence-corrected chi connectivity index (χ3v) is 3.07. The molecule has 0 saturated heterocycles. The first-order chi connectivity index (χ1) is 10.7. The lowest BCUT2D eigenvalue weighted by atomic mass is 10.1. The van der Waals surface area contributed by atoms with Crippen LogP contribution in [0.1, 0.15) is 16.1 Å². The summed E-state index contributed by atoms with van der Waals surface area (Å²) in [4.78, 5) is 15.0. The van der Waals surface area contributed by atoms with Gasteiger partial charge in [-0.15, -0.1) is 5.10 Å². The van der Waals surface area contributed by atoms with Crippen LogP contribution in [-0.2, 0) is 0 Å². The van der Waals surface area contributed by atoms with E-state index in [9.17, 15) is 10.1 Å². The zero-order valence-corrected chi connectivity index (χ0v) is 11.2. The fourth-order valence-electron chi connectivity index (χ4n) is 2.08. The lowest BCUT2D eigenvalue weighted by Gasteiger charge is -2.07. The maximum absolute atomic E-state index is 11.1. The van der Waals surface area contributed by atoms with Crippen LogP contribution in [0.2, 0.25) is 0 Å². The first kappa shape index (κ1) is 13.5. The molecule has 3 rings (SSSR count). The number of hydrogen-bond donors (Lipinski definition) is 1. The van der Waals surface area contributed by atoms with Gasteiger partial charge >= 0.3 is 5.97 Å². The second-order valence-electron chi connectivity index (χ2n) is 4.40. The van der Waals surface area contributed by atoms with Crippen molar-refractivity contribution in [3.8, 4) is 23.0 Å². The molecule has 0 saturated carbocycles. The number of pyridine rings is 1. The van der Waals surface area contributed by atoms with Gasteiger partial charge in [0.25, 0.3) is 0 Å². The average molecular weight is 291 g/mol. The minimum atomic E-state index is -1.03. The molecule has 7 nitrogen and oxygen atoms in total. The number of nitriles is 1. The van der Waals surface area contributed by atoms with Gasteiger partial charge in [0, 0.05) is 18.0 Å². The van der Waals surface area contributed by atoms with Crippen molar-refractivity contribution in [2.75, 3.05) is 0 Å². The summed E-state index contributed by atoms with van der Waals surface area (Å²) in [6.07, 6.45) is 3.20. The van der Waals surface area contributed by atoms with Crippen molar-refractivity contribution in [1.82, 2.24) is 20.0 Å². The summed E-state index contributed by atoms with van der Waals surface area (Å²) in [6, 6.07) is 11.7. The number of aromatic carboxylic acids is 1. The normalized spacial score (nSPS) is 10.1.